The molecule has 5 aliphatic carbocycles. The molecule has 5 rings (SSSR count). The lowest BCUT2D eigenvalue weighted by Gasteiger charge is -2.67. The van der Waals surface area contributed by atoms with Crippen molar-refractivity contribution in [3.05, 3.63) is 0 Å². The maximum Gasteiger partial charge on any atom is 0.101 e. The molecular formula is C30H52O5. The summed E-state index contributed by atoms with van der Waals surface area (Å²) in [7, 11) is 0. The maximum absolute atomic E-state index is 11.8. The number of fused-ring (bicyclic) bond motifs is 5. The Balaban J connectivity index is 1.44. The third-order valence-electron chi connectivity index (χ3n) is 13.6. The third-order valence-corrected chi connectivity index (χ3v) is 13.6. The molecule has 0 bridgehead atoms. The molecule has 202 valence electrons. The molecule has 5 N–H and O–H groups in total. The van der Waals surface area contributed by atoms with Gasteiger partial charge in [0.2, 0.25) is 0 Å². The van der Waals surface area contributed by atoms with Crippen LogP contribution in [0.15, 0.2) is 0 Å². The Morgan fingerprint density at radius 2 is 1.43 bits per heavy atom. The van der Waals surface area contributed by atoms with Crippen LogP contribution in [-0.2, 0) is 0 Å². The zero-order valence-electron chi connectivity index (χ0n) is 23.1. The van der Waals surface area contributed by atoms with Crippen LogP contribution >= 0.6 is 0 Å². The van der Waals surface area contributed by atoms with E-state index in [1.54, 1.807) is 0 Å². The zero-order chi connectivity index (χ0) is 25.9. The number of aliphatic hydroxyl groups is 5. The summed E-state index contributed by atoms with van der Waals surface area (Å²) in [6, 6.07) is 0. The van der Waals surface area contributed by atoms with Crippen LogP contribution in [0.3, 0.4) is 0 Å². The average Bonchev–Trinajstić information content (AvgIpc) is 3.32. The molecule has 5 heteroatoms. The van der Waals surface area contributed by atoms with Crippen LogP contribution in [0.25, 0.3) is 0 Å². The normalized spacial score (nSPS) is 59.4. The van der Waals surface area contributed by atoms with Crippen molar-refractivity contribution in [1.82, 2.24) is 0 Å². The summed E-state index contributed by atoms with van der Waals surface area (Å²) < 4.78 is 0. The number of aliphatic hydroxyl groups excluding tert-OH is 4. The van der Waals surface area contributed by atoms with Crippen molar-refractivity contribution in [2.45, 2.75) is 123 Å². The lowest BCUT2D eigenvalue weighted by molar-refractivity contribution is -0.310. The molecule has 0 aromatic heterocycles. The molecule has 0 aromatic rings. The molecule has 0 amide bonds. The van der Waals surface area contributed by atoms with Crippen LogP contribution in [-0.4, -0.2) is 55.5 Å². The Labute approximate surface area is 212 Å². The molecule has 15 atom stereocenters. The first-order chi connectivity index (χ1) is 16.1. The molecule has 0 spiro atoms. The summed E-state index contributed by atoms with van der Waals surface area (Å²) in [4.78, 5) is 0. The second kappa shape index (κ2) is 8.15. The van der Waals surface area contributed by atoms with Gasteiger partial charge in [-0.05, 0) is 96.7 Å². The second-order valence-electron chi connectivity index (χ2n) is 15.0. The lowest BCUT2D eigenvalue weighted by atomic mass is 9.41. The van der Waals surface area contributed by atoms with E-state index in [2.05, 4.69) is 41.5 Å². The van der Waals surface area contributed by atoms with Gasteiger partial charge in [-0.2, -0.15) is 0 Å². The van der Waals surface area contributed by atoms with Gasteiger partial charge in [-0.1, -0.05) is 48.5 Å². The molecule has 5 saturated carbocycles. The molecule has 35 heavy (non-hydrogen) atoms. The number of rotatable bonds is 4. The van der Waals surface area contributed by atoms with Gasteiger partial charge in [0.05, 0.1) is 24.4 Å². The van der Waals surface area contributed by atoms with Crippen molar-refractivity contribution in [2.75, 3.05) is 0 Å². The van der Waals surface area contributed by atoms with Gasteiger partial charge in [0.1, 0.15) is 5.60 Å². The second-order valence-corrected chi connectivity index (χ2v) is 15.0. The Kier molecular flexibility index (Phi) is 6.15. The minimum atomic E-state index is -1.58. The molecule has 5 aliphatic rings. The largest absolute Gasteiger partial charge is 0.393 e. The highest BCUT2D eigenvalue weighted by Gasteiger charge is 2.72. The van der Waals surface area contributed by atoms with Crippen LogP contribution in [0.2, 0.25) is 0 Å². The van der Waals surface area contributed by atoms with Gasteiger partial charge in [-0.25, -0.2) is 0 Å². The minimum absolute atomic E-state index is 0.00916. The molecule has 0 saturated heterocycles. The van der Waals surface area contributed by atoms with E-state index in [1.807, 2.05) is 6.92 Å². The molecule has 0 aliphatic heterocycles. The predicted molar refractivity (Wildman–Crippen MR) is 136 cm³/mol. The maximum atomic E-state index is 11.8. The van der Waals surface area contributed by atoms with Crippen molar-refractivity contribution in [3.8, 4) is 0 Å². The Hall–Kier alpha value is -0.200. The fourth-order valence-electron chi connectivity index (χ4n) is 11.1. The summed E-state index contributed by atoms with van der Waals surface area (Å²) in [6.07, 6.45) is 1.57. The molecule has 0 aromatic carbocycles. The van der Waals surface area contributed by atoms with Crippen LogP contribution < -0.4 is 0 Å². The van der Waals surface area contributed by atoms with E-state index in [1.165, 1.54) is 12.8 Å². The van der Waals surface area contributed by atoms with Gasteiger partial charge < -0.3 is 25.5 Å². The van der Waals surface area contributed by atoms with Crippen molar-refractivity contribution in [1.29, 1.82) is 0 Å². The lowest BCUT2D eigenvalue weighted by Crippen LogP contribution is -2.74. The highest BCUT2D eigenvalue weighted by atomic mass is 16.4. The Morgan fingerprint density at radius 1 is 0.771 bits per heavy atom. The first kappa shape index (κ1) is 26.4. The predicted octanol–water partition coefficient (Wildman–Crippen LogP) is 3.99. The molecular weight excluding hydrogens is 440 g/mol. The topological polar surface area (TPSA) is 101 Å². The van der Waals surface area contributed by atoms with Crippen molar-refractivity contribution in [2.24, 2.45) is 63.6 Å². The van der Waals surface area contributed by atoms with E-state index >= 15 is 0 Å². The quantitative estimate of drug-likeness (QED) is 0.409. The van der Waals surface area contributed by atoms with E-state index in [9.17, 15) is 25.5 Å². The summed E-state index contributed by atoms with van der Waals surface area (Å²) in [5.41, 5.74) is -2.18. The standard InChI is InChI=1S/C30H52O5/c1-15(2)17(4)27(5)13-22(27)16(3)20-8-9-21-19-11-25(34)30(35)12-18(31)10-24(33)29(30,7)26(19)23(32)14-28(20,21)6/h15-26,31-35H,8-14H2,1-7H3/t16-,17-,18-,19?,20+,21?,22+,23+,24-,25+,26?,27+,28+,29+,30-/m0/s1. The SMILES string of the molecule is CC(C)[C@H](C)[C@@]1(C)C[C@@H]1[C@@H](C)[C@H]1CCC2C3C[C@@H](O)[C@@]4(O)C[C@@H](O)C[C@H](O)[C@]4(C)C3[C@H](O)C[C@@]21C. The highest BCUT2D eigenvalue weighted by molar-refractivity contribution is 5.21. The Morgan fingerprint density at radius 3 is 2.06 bits per heavy atom. The van der Waals surface area contributed by atoms with Crippen LogP contribution in [0.1, 0.15) is 93.4 Å². The average molecular weight is 493 g/mol. The first-order valence-corrected chi connectivity index (χ1v) is 14.6. The Bertz CT molecular complexity index is 832. The van der Waals surface area contributed by atoms with Crippen molar-refractivity contribution in [3.63, 3.8) is 0 Å². The van der Waals surface area contributed by atoms with E-state index in [-0.39, 0.29) is 30.1 Å². The van der Waals surface area contributed by atoms with Gasteiger partial charge in [-0.15, -0.1) is 0 Å². The fraction of sp³-hybridized carbons (Fsp3) is 1.00. The van der Waals surface area contributed by atoms with Gasteiger partial charge in [0.15, 0.2) is 0 Å². The summed E-state index contributed by atoms with van der Waals surface area (Å²) in [5.74, 6) is 3.47. The summed E-state index contributed by atoms with van der Waals surface area (Å²) >= 11 is 0. The smallest absolute Gasteiger partial charge is 0.101 e. The van der Waals surface area contributed by atoms with Gasteiger partial charge in [-0.3, -0.25) is 0 Å². The minimum Gasteiger partial charge on any atom is -0.393 e. The van der Waals surface area contributed by atoms with E-state index in [4.69, 9.17) is 0 Å². The zero-order valence-corrected chi connectivity index (χ0v) is 23.1. The van der Waals surface area contributed by atoms with Gasteiger partial charge in [0.25, 0.3) is 0 Å². The molecule has 0 heterocycles. The fourth-order valence-corrected chi connectivity index (χ4v) is 11.1. The molecule has 5 nitrogen and oxygen atoms in total. The van der Waals surface area contributed by atoms with Crippen molar-refractivity contribution < 1.29 is 25.5 Å². The molecule has 0 radical (unpaired) electrons. The molecule has 3 unspecified atom stereocenters. The monoisotopic (exact) mass is 492 g/mol. The third kappa shape index (κ3) is 3.36. The van der Waals surface area contributed by atoms with Gasteiger partial charge in [0, 0.05) is 11.8 Å². The summed E-state index contributed by atoms with van der Waals surface area (Å²) in [5, 5.41) is 56.3. The summed E-state index contributed by atoms with van der Waals surface area (Å²) in [6.45, 7) is 16.3. The highest BCUT2D eigenvalue weighted by Crippen LogP contribution is 2.72. The first-order valence-electron chi connectivity index (χ1n) is 14.6. The number of hydrogen-bond acceptors (Lipinski definition) is 5. The van der Waals surface area contributed by atoms with Crippen LogP contribution in [0.5, 0.6) is 0 Å². The molecule has 5 fully saturated rings. The van der Waals surface area contributed by atoms with E-state index in [0.717, 1.165) is 12.3 Å². The van der Waals surface area contributed by atoms with Crippen LogP contribution in [0, 0.1) is 63.6 Å². The van der Waals surface area contributed by atoms with Crippen LogP contribution in [0.4, 0.5) is 0 Å². The van der Waals surface area contributed by atoms with E-state index < -0.39 is 35.4 Å². The van der Waals surface area contributed by atoms with E-state index in [0.29, 0.717) is 47.8 Å². The van der Waals surface area contributed by atoms with Gasteiger partial charge >= 0.3 is 0 Å². The number of hydrogen-bond donors (Lipinski definition) is 5. The van der Waals surface area contributed by atoms with Crippen molar-refractivity contribution >= 4 is 0 Å².